The Morgan fingerprint density at radius 2 is 1.96 bits per heavy atom. The Hall–Kier alpha value is -2.20. The van der Waals surface area contributed by atoms with Gasteiger partial charge in [0, 0.05) is 16.6 Å². The summed E-state index contributed by atoms with van der Waals surface area (Å²) in [6, 6.07) is 5.15. The molecule has 28 heavy (non-hydrogen) atoms. The molecular formula is C18H17BrF2N2O4S. The molecule has 1 unspecified atom stereocenters. The minimum Gasteiger partial charge on any atom is -0.478 e. The zero-order valence-corrected chi connectivity index (χ0v) is 17.3. The molecule has 2 aromatic carbocycles. The number of halogens is 3. The molecule has 0 radical (unpaired) electrons. The van der Waals surface area contributed by atoms with Gasteiger partial charge in [0.25, 0.3) is 15.9 Å². The van der Waals surface area contributed by atoms with E-state index in [1.165, 1.54) is 12.1 Å². The highest BCUT2D eigenvalue weighted by atomic mass is 79.9. The molecule has 6 nitrogen and oxygen atoms in total. The highest BCUT2D eigenvalue weighted by molar-refractivity contribution is 9.10. The van der Waals surface area contributed by atoms with Gasteiger partial charge in [-0.2, -0.15) is 0 Å². The maximum Gasteiger partial charge on any atom is 0.265 e. The molecule has 2 N–H and O–H groups in total. The lowest BCUT2D eigenvalue weighted by Gasteiger charge is -2.27. The molecule has 1 atom stereocenters. The smallest absolute Gasteiger partial charge is 0.265 e. The molecule has 0 fully saturated rings. The number of carbonyl (C=O) groups is 1. The summed E-state index contributed by atoms with van der Waals surface area (Å²) < 4.78 is 60.2. The van der Waals surface area contributed by atoms with Gasteiger partial charge >= 0.3 is 0 Å². The molecule has 0 saturated heterocycles. The van der Waals surface area contributed by atoms with Gasteiger partial charge in [-0.3, -0.25) is 9.52 Å². The van der Waals surface area contributed by atoms with Crippen molar-refractivity contribution in [2.75, 3.05) is 10.0 Å². The van der Waals surface area contributed by atoms with Gasteiger partial charge in [0.15, 0.2) is 6.10 Å². The first-order valence-electron chi connectivity index (χ1n) is 8.36. The first-order valence-corrected chi connectivity index (χ1v) is 10.6. The van der Waals surface area contributed by atoms with Gasteiger partial charge in [0.2, 0.25) is 0 Å². The highest BCUT2D eigenvalue weighted by Gasteiger charge is 2.31. The van der Waals surface area contributed by atoms with Crippen LogP contribution < -0.4 is 14.8 Å². The monoisotopic (exact) mass is 474 g/mol. The third-order valence-electron chi connectivity index (χ3n) is 4.00. The number of hydrogen-bond donors (Lipinski definition) is 2. The van der Waals surface area contributed by atoms with Gasteiger partial charge in [-0.15, -0.1) is 0 Å². The minimum absolute atomic E-state index is 0.146. The van der Waals surface area contributed by atoms with E-state index in [9.17, 15) is 22.0 Å². The summed E-state index contributed by atoms with van der Waals surface area (Å²) in [5, 5.41) is 2.69. The van der Waals surface area contributed by atoms with Crippen molar-refractivity contribution in [3.63, 3.8) is 0 Å². The van der Waals surface area contributed by atoms with E-state index in [-0.39, 0.29) is 26.9 Å². The maximum absolute atomic E-state index is 13.8. The van der Waals surface area contributed by atoms with Crippen LogP contribution in [0.4, 0.5) is 20.2 Å². The van der Waals surface area contributed by atoms with Crippen LogP contribution in [0.5, 0.6) is 5.75 Å². The molecule has 0 bridgehead atoms. The number of sulfonamides is 1. The van der Waals surface area contributed by atoms with Crippen molar-refractivity contribution in [1.29, 1.82) is 0 Å². The summed E-state index contributed by atoms with van der Waals surface area (Å²) in [5.74, 6) is -1.79. The minimum atomic E-state index is -4.22. The van der Waals surface area contributed by atoms with Crippen LogP contribution in [-0.2, 0) is 14.8 Å². The number of carbonyl (C=O) groups excluding carboxylic acids is 1. The predicted molar refractivity (Wildman–Crippen MR) is 104 cm³/mol. The second kappa shape index (κ2) is 7.67. The molecule has 0 aromatic heterocycles. The van der Waals surface area contributed by atoms with Crippen LogP contribution in [0, 0.1) is 17.6 Å². The molecule has 0 spiro atoms. The second-order valence-corrected chi connectivity index (χ2v) is 9.24. The quantitative estimate of drug-likeness (QED) is 0.677. The Kier molecular flexibility index (Phi) is 5.62. The summed E-state index contributed by atoms with van der Waals surface area (Å²) in [4.78, 5) is 11.9. The van der Waals surface area contributed by atoms with Crippen molar-refractivity contribution in [3.8, 4) is 5.75 Å². The van der Waals surface area contributed by atoms with Crippen molar-refractivity contribution in [3.05, 3.63) is 46.4 Å². The van der Waals surface area contributed by atoms with Crippen molar-refractivity contribution < 1.29 is 26.7 Å². The lowest BCUT2D eigenvalue weighted by molar-refractivity contribution is -0.124. The van der Waals surface area contributed by atoms with Crippen molar-refractivity contribution in [1.82, 2.24) is 0 Å². The largest absolute Gasteiger partial charge is 0.478 e. The molecule has 3 rings (SSSR count). The van der Waals surface area contributed by atoms with E-state index in [2.05, 4.69) is 26.0 Å². The first-order chi connectivity index (χ1) is 13.1. The van der Waals surface area contributed by atoms with Gasteiger partial charge < -0.3 is 10.1 Å². The number of anilines is 2. The number of benzene rings is 2. The fourth-order valence-corrected chi connectivity index (χ4v) is 4.84. The summed E-state index contributed by atoms with van der Waals surface area (Å²) in [7, 11) is -4.22. The molecule has 1 aliphatic rings. The highest BCUT2D eigenvalue weighted by Crippen LogP contribution is 2.38. The van der Waals surface area contributed by atoms with E-state index in [1.54, 1.807) is 0 Å². The van der Waals surface area contributed by atoms with E-state index in [0.717, 1.165) is 12.1 Å². The Balaban J connectivity index is 1.95. The summed E-state index contributed by atoms with van der Waals surface area (Å²) in [6.07, 6.45) is -0.283. The second-order valence-electron chi connectivity index (χ2n) is 6.73. The topological polar surface area (TPSA) is 84.5 Å². The molecule has 10 heteroatoms. The standard InChI is InChI=1S/C18H17BrF2N2O4S/c1-9(2)5-16-18(24)22-14-7-11(19)17(8-15(14)27-16)28(25,26)23-13-4-3-10(20)6-12(13)21/h3-4,6-9,16,23H,5H2,1-2H3,(H,22,24). The third kappa shape index (κ3) is 4.27. The first kappa shape index (κ1) is 20.5. The summed E-state index contributed by atoms with van der Waals surface area (Å²) in [6.45, 7) is 3.87. The van der Waals surface area contributed by atoms with Crippen LogP contribution in [0.15, 0.2) is 39.7 Å². The van der Waals surface area contributed by atoms with Gasteiger partial charge in [-0.1, -0.05) is 13.8 Å². The number of amides is 1. The van der Waals surface area contributed by atoms with E-state index in [4.69, 9.17) is 4.74 Å². The Morgan fingerprint density at radius 1 is 1.25 bits per heavy atom. The van der Waals surface area contributed by atoms with Crippen LogP contribution >= 0.6 is 15.9 Å². The van der Waals surface area contributed by atoms with Crippen LogP contribution in [0.1, 0.15) is 20.3 Å². The molecule has 0 saturated carbocycles. The van der Waals surface area contributed by atoms with Crippen LogP contribution in [-0.4, -0.2) is 20.4 Å². The number of rotatable bonds is 5. The summed E-state index contributed by atoms with van der Waals surface area (Å²) >= 11 is 3.15. The fourth-order valence-electron chi connectivity index (χ4n) is 2.71. The molecule has 1 heterocycles. The number of ether oxygens (including phenoxy) is 1. The van der Waals surface area contributed by atoms with Crippen molar-refractivity contribution in [2.24, 2.45) is 5.92 Å². The average Bonchev–Trinajstić information content (AvgIpc) is 2.57. The lowest BCUT2D eigenvalue weighted by atomic mass is 10.0. The zero-order chi connectivity index (χ0) is 20.6. The molecule has 2 aromatic rings. The van der Waals surface area contributed by atoms with E-state index in [0.29, 0.717) is 18.2 Å². The third-order valence-corrected chi connectivity index (χ3v) is 6.33. The molecule has 0 aliphatic carbocycles. The molecule has 150 valence electrons. The Bertz CT molecular complexity index is 1040. The molecule has 1 amide bonds. The SMILES string of the molecule is CC(C)CC1Oc2cc(S(=O)(=O)Nc3ccc(F)cc3F)c(Br)cc2NC1=O. The lowest BCUT2D eigenvalue weighted by Crippen LogP contribution is -2.38. The average molecular weight is 475 g/mol. The molecular weight excluding hydrogens is 458 g/mol. The summed E-state index contributed by atoms with van der Waals surface area (Å²) in [5.41, 5.74) is -0.0679. The van der Waals surface area contributed by atoms with E-state index < -0.39 is 33.4 Å². The molecule has 1 aliphatic heterocycles. The van der Waals surface area contributed by atoms with Crippen LogP contribution in [0.3, 0.4) is 0 Å². The van der Waals surface area contributed by atoms with Gasteiger partial charge in [-0.25, -0.2) is 17.2 Å². The number of nitrogens with one attached hydrogen (secondary N) is 2. The van der Waals surface area contributed by atoms with Gasteiger partial charge in [0.1, 0.15) is 22.3 Å². The van der Waals surface area contributed by atoms with Gasteiger partial charge in [-0.05, 0) is 46.5 Å². The van der Waals surface area contributed by atoms with Crippen molar-refractivity contribution in [2.45, 2.75) is 31.3 Å². The maximum atomic E-state index is 13.8. The zero-order valence-electron chi connectivity index (χ0n) is 14.9. The Labute approximate surface area is 169 Å². The normalized spacial score (nSPS) is 16.4. The van der Waals surface area contributed by atoms with Crippen molar-refractivity contribution >= 4 is 43.2 Å². The predicted octanol–water partition coefficient (Wildman–Crippen LogP) is 4.27. The number of fused-ring (bicyclic) bond motifs is 1. The van der Waals surface area contributed by atoms with Gasteiger partial charge in [0.05, 0.1) is 11.4 Å². The van der Waals surface area contributed by atoms with Crippen LogP contribution in [0.25, 0.3) is 0 Å². The fraction of sp³-hybridized carbons (Fsp3) is 0.278. The van der Waals surface area contributed by atoms with E-state index >= 15 is 0 Å². The Morgan fingerprint density at radius 3 is 2.61 bits per heavy atom. The van der Waals surface area contributed by atoms with Crippen LogP contribution in [0.2, 0.25) is 0 Å². The van der Waals surface area contributed by atoms with E-state index in [1.807, 2.05) is 13.8 Å². The number of hydrogen-bond acceptors (Lipinski definition) is 4.